The second kappa shape index (κ2) is 60.7. The van der Waals surface area contributed by atoms with Crippen LogP contribution in [0.2, 0.25) is 0 Å². The van der Waals surface area contributed by atoms with Crippen molar-refractivity contribution in [1.29, 1.82) is 0 Å². The molecule has 0 radical (unpaired) electrons. The molecule has 0 bridgehead atoms. The van der Waals surface area contributed by atoms with E-state index in [0.29, 0.717) is 0 Å². The Labute approximate surface area is 360 Å². The molecule has 0 aliphatic rings. The number of hydrogen-bond acceptors (Lipinski definition) is 5. The summed E-state index contributed by atoms with van der Waals surface area (Å²) < 4.78 is 0. The molecule has 0 unspecified atom stereocenters. The van der Waals surface area contributed by atoms with E-state index in [4.69, 9.17) is 0 Å². The Balaban J connectivity index is -0.000000219. The van der Waals surface area contributed by atoms with Crippen molar-refractivity contribution in [1.82, 2.24) is 15.5 Å². The normalized spacial score (nSPS) is 10.5. The minimum absolute atomic E-state index is 0.784. The highest BCUT2D eigenvalue weighted by Gasteiger charge is 2.07. The van der Waals surface area contributed by atoms with Gasteiger partial charge in [-0.15, -0.1) is 0 Å². The minimum atomic E-state index is 0.784. The molecule has 0 aromatic rings. The number of hydrogen-bond donors (Lipinski definition) is 2. The summed E-state index contributed by atoms with van der Waals surface area (Å²) in [5, 5.41) is 6.81. The van der Waals surface area contributed by atoms with Gasteiger partial charge in [-0.1, -0.05) is 190 Å². The summed E-state index contributed by atoms with van der Waals surface area (Å²) in [4.78, 5) is 2.68. The highest BCUT2D eigenvalue weighted by molar-refractivity contribution is 7.98. The molecule has 0 amide bonds. The van der Waals surface area contributed by atoms with E-state index in [-0.39, 0.29) is 0 Å². The van der Waals surface area contributed by atoms with Crippen molar-refractivity contribution >= 4 is 23.5 Å². The van der Waals surface area contributed by atoms with E-state index in [1.54, 1.807) is 0 Å². The van der Waals surface area contributed by atoms with Crippen LogP contribution in [0.4, 0.5) is 0 Å². The topological polar surface area (TPSA) is 27.3 Å². The fourth-order valence-electron chi connectivity index (χ4n) is 5.01. The second-order valence-electron chi connectivity index (χ2n) is 16.4. The van der Waals surface area contributed by atoms with E-state index < -0.39 is 0 Å². The van der Waals surface area contributed by atoms with Crippen LogP contribution in [0.1, 0.15) is 217 Å². The first kappa shape index (κ1) is 64.2. The molecule has 0 aromatic carbocycles. The molecule has 0 fully saturated rings. The summed E-state index contributed by atoms with van der Waals surface area (Å²) in [5.74, 6) is 4.04. The first-order valence-electron chi connectivity index (χ1n) is 24.0. The minimum Gasteiger partial charge on any atom is -0.316 e. The van der Waals surface area contributed by atoms with Crippen molar-refractivity contribution in [3.8, 4) is 0 Å². The number of rotatable bonds is 35. The van der Waals surface area contributed by atoms with Crippen molar-refractivity contribution in [2.45, 2.75) is 217 Å². The van der Waals surface area contributed by atoms with Gasteiger partial charge in [0.1, 0.15) is 0 Å². The molecule has 0 spiro atoms. The van der Waals surface area contributed by atoms with Crippen molar-refractivity contribution in [3.63, 3.8) is 0 Å². The fraction of sp³-hybridized carbons (Fsp3) is 0.920. The van der Waals surface area contributed by atoms with Crippen LogP contribution in [0.15, 0.2) is 24.3 Å². The lowest BCUT2D eigenvalue weighted by Gasteiger charge is -2.23. The fourth-order valence-corrected chi connectivity index (χ4v) is 5.71. The van der Waals surface area contributed by atoms with Crippen LogP contribution < -0.4 is 10.6 Å². The first-order valence-corrected chi connectivity index (χ1v) is 26.7. The van der Waals surface area contributed by atoms with Gasteiger partial charge in [-0.2, -0.15) is 23.5 Å². The lowest BCUT2D eigenvalue weighted by molar-refractivity contribution is 0.254. The lowest BCUT2D eigenvalue weighted by Crippen LogP contribution is -2.28. The monoisotopic (exact) mass is 816 g/mol. The molecule has 0 rings (SSSR count). The average molecular weight is 817 g/mol. The average Bonchev–Trinajstić information content (AvgIpc) is 3.17. The van der Waals surface area contributed by atoms with Gasteiger partial charge in [0.05, 0.1) is 0 Å². The SMILES string of the molecule is C=C(CCCCCCC)CCN(CCCCC)CCC(C)C.C=C(CCCCCCC)CCNCCSC.CCCC.CCCC.CSCCNCC(C)C. The van der Waals surface area contributed by atoms with Crippen LogP contribution in [-0.4, -0.2) is 74.7 Å². The molecule has 0 aliphatic carbocycles. The third kappa shape index (κ3) is 75.5. The van der Waals surface area contributed by atoms with Crippen LogP contribution in [0.3, 0.4) is 0 Å². The predicted molar refractivity (Wildman–Crippen MR) is 268 cm³/mol. The Morgan fingerprint density at radius 1 is 0.455 bits per heavy atom. The molecular formula is C50H109N3S2. The molecular weight excluding hydrogens is 707 g/mol. The van der Waals surface area contributed by atoms with Crippen molar-refractivity contribution < 1.29 is 0 Å². The Morgan fingerprint density at radius 2 is 0.891 bits per heavy atom. The quantitative estimate of drug-likeness (QED) is 0.0491. The standard InChI is InChI=1S/C21H43N.C14H29NS.C7H17NS.2C4H10/c1-6-8-10-11-12-14-21(5)16-19-22(17-13-9-7-2)18-15-20(3)4;1-4-5-6-7-8-9-14(2)10-11-15-12-13-16-3;1-7(2)6-8-4-5-9-3;2*1-3-4-2/h20H,5-19H2,1-4H3;15H,2,4-13H2,1,3H3;7-8H,4-6H2,1-3H3;2*3-4H2,1-2H3. The zero-order chi connectivity index (χ0) is 42.6. The number of thioether (sulfide) groups is 2. The van der Waals surface area contributed by atoms with E-state index >= 15 is 0 Å². The largest absolute Gasteiger partial charge is 0.316 e. The Kier molecular flexibility index (Phi) is 70.9. The molecule has 3 nitrogen and oxygen atoms in total. The molecule has 0 aliphatic heterocycles. The van der Waals surface area contributed by atoms with E-state index in [1.807, 2.05) is 23.5 Å². The zero-order valence-electron chi connectivity index (χ0n) is 40.8. The molecule has 2 N–H and O–H groups in total. The number of unbranched alkanes of at least 4 members (excludes halogenated alkanes) is 12. The van der Waals surface area contributed by atoms with Crippen molar-refractivity contribution in [2.75, 3.05) is 69.8 Å². The van der Waals surface area contributed by atoms with Crippen molar-refractivity contribution in [3.05, 3.63) is 24.3 Å². The van der Waals surface area contributed by atoms with Gasteiger partial charge in [0, 0.05) is 31.1 Å². The van der Waals surface area contributed by atoms with E-state index in [2.05, 4.69) is 117 Å². The van der Waals surface area contributed by atoms with Gasteiger partial charge in [-0.05, 0) is 102 Å². The van der Waals surface area contributed by atoms with Gasteiger partial charge >= 0.3 is 0 Å². The van der Waals surface area contributed by atoms with Crippen LogP contribution in [0, 0.1) is 11.8 Å². The van der Waals surface area contributed by atoms with E-state index in [0.717, 1.165) is 44.4 Å². The molecule has 55 heavy (non-hydrogen) atoms. The molecule has 5 heteroatoms. The number of nitrogens with zero attached hydrogens (tertiary/aromatic N) is 1. The van der Waals surface area contributed by atoms with Crippen LogP contribution in [0.5, 0.6) is 0 Å². The van der Waals surface area contributed by atoms with Gasteiger partial charge < -0.3 is 15.5 Å². The summed E-state index contributed by atoms with van der Waals surface area (Å²) in [6.07, 6.45) is 33.5. The smallest absolute Gasteiger partial charge is 0.00553 e. The molecule has 0 saturated heterocycles. The molecule has 0 saturated carbocycles. The lowest BCUT2D eigenvalue weighted by atomic mass is 10.0. The third-order valence-electron chi connectivity index (χ3n) is 9.32. The molecule has 0 aromatic heterocycles. The maximum Gasteiger partial charge on any atom is 0.00553 e. The molecule has 0 atom stereocenters. The zero-order valence-corrected chi connectivity index (χ0v) is 42.4. The summed E-state index contributed by atoms with van der Waals surface area (Å²) in [5.41, 5.74) is 2.90. The summed E-state index contributed by atoms with van der Waals surface area (Å²) in [6, 6.07) is 0. The summed E-state index contributed by atoms with van der Waals surface area (Å²) >= 11 is 3.79. The Morgan fingerprint density at radius 3 is 1.31 bits per heavy atom. The first-order chi connectivity index (χ1) is 26.5. The van der Waals surface area contributed by atoms with Gasteiger partial charge in [-0.3, -0.25) is 0 Å². The van der Waals surface area contributed by atoms with Crippen LogP contribution >= 0.6 is 23.5 Å². The van der Waals surface area contributed by atoms with Crippen LogP contribution in [0.25, 0.3) is 0 Å². The predicted octanol–water partition coefficient (Wildman–Crippen LogP) is 16.3. The molecule has 0 heterocycles. The van der Waals surface area contributed by atoms with Crippen LogP contribution in [-0.2, 0) is 0 Å². The van der Waals surface area contributed by atoms with Gasteiger partial charge in [0.15, 0.2) is 0 Å². The Hall–Kier alpha value is 0.0600. The maximum atomic E-state index is 4.31. The van der Waals surface area contributed by atoms with Gasteiger partial charge in [-0.25, -0.2) is 0 Å². The maximum absolute atomic E-state index is 4.31. The van der Waals surface area contributed by atoms with Gasteiger partial charge in [0.25, 0.3) is 0 Å². The van der Waals surface area contributed by atoms with E-state index in [9.17, 15) is 0 Å². The summed E-state index contributed by atoms with van der Waals surface area (Å²) in [7, 11) is 0. The highest BCUT2D eigenvalue weighted by atomic mass is 32.2. The highest BCUT2D eigenvalue weighted by Crippen LogP contribution is 2.15. The second-order valence-corrected chi connectivity index (χ2v) is 18.4. The van der Waals surface area contributed by atoms with Crippen molar-refractivity contribution in [2.24, 2.45) is 11.8 Å². The summed E-state index contributed by atoms with van der Waals surface area (Å²) in [6.45, 7) is 41.5. The third-order valence-corrected chi connectivity index (χ3v) is 10.5. The molecule has 336 valence electrons. The van der Waals surface area contributed by atoms with Gasteiger partial charge in [0.2, 0.25) is 0 Å². The Bertz CT molecular complexity index is 643. The number of nitrogens with one attached hydrogen (secondary N) is 2. The van der Waals surface area contributed by atoms with E-state index in [1.165, 1.54) is 177 Å².